The molecule has 4 heteroatoms. The zero-order valence-corrected chi connectivity index (χ0v) is 12.5. The molecule has 108 valence electrons. The van der Waals surface area contributed by atoms with Crippen LogP contribution in [0.3, 0.4) is 0 Å². The maximum absolute atomic E-state index is 5.74. The van der Waals surface area contributed by atoms with Crippen molar-refractivity contribution in [3.8, 4) is 5.75 Å². The molecule has 0 bridgehead atoms. The summed E-state index contributed by atoms with van der Waals surface area (Å²) in [5.41, 5.74) is 2.48. The largest absolute Gasteiger partial charge is 0.493 e. The normalized spacial score (nSPS) is 11.0. The van der Waals surface area contributed by atoms with E-state index >= 15 is 0 Å². The van der Waals surface area contributed by atoms with E-state index in [9.17, 15) is 0 Å². The summed E-state index contributed by atoms with van der Waals surface area (Å²) in [5.74, 6) is 0.919. The third-order valence-corrected chi connectivity index (χ3v) is 3.06. The monoisotopic (exact) mass is 273 g/mol. The van der Waals surface area contributed by atoms with Crippen molar-refractivity contribution in [1.29, 1.82) is 0 Å². The van der Waals surface area contributed by atoms with Gasteiger partial charge < -0.3 is 10.1 Å². The average Bonchev–Trinajstić information content (AvgIpc) is 2.83. The van der Waals surface area contributed by atoms with E-state index in [4.69, 9.17) is 4.74 Å². The van der Waals surface area contributed by atoms with Crippen LogP contribution in [0.2, 0.25) is 0 Å². The number of rotatable bonds is 7. The number of ether oxygens (including phenoxy) is 1. The molecule has 0 spiro atoms. The van der Waals surface area contributed by atoms with Gasteiger partial charge in [0.1, 0.15) is 5.75 Å². The predicted molar refractivity (Wildman–Crippen MR) is 80.8 cm³/mol. The summed E-state index contributed by atoms with van der Waals surface area (Å²) in [6, 6.07) is 8.77. The molecule has 0 saturated carbocycles. The molecule has 1 N–H and O–H groups in total. The molecule has 1 aromatic carbocycles. The maximum Gasteiger partial charge on any atom is 0.119 e. The average molecular weight is 273 g/mol. The first-order valence-electron chi connectivity index (χ1n) is 7.06. The first-order chi connectivity index (χ1) is 9.63. The molecule has 0 atom stereocenters. The summed E-state index contributed by atoms with van der Waals surface area (Å²) < 4.78 is 7.55. The van der Waals surface area contributed by atoms with Gasteiger partial charge in [-0.05, 0) is 23.3 Å². The second-order valence-electron chi connectivity index (χ2n) is 5.30. The summed E-state index contributed by atoms with van der Waals surface area (Å²) in [6.45, 7) is 5.87. The fourth-order valence-electron chi connectivity index (χ4n) is 1.91. The van der Waals surface area contributed by atoms with Crippen LogP contribution in [0.15, 0.2) is 36.7 Å². The van der Waals surface area contributed by atoms with Gasteiger partial charge in [0.25, 0.3) is 0 Å². The van der Waals surface area contributed by atoms with Gasteiger partial charge in [0.15, 0.2) is 0 Å². The lowest BCUT2D eigenvalue weighted by atomic mass is 10.2. The lowest BCUT2D eigenvalue weighted by Gasteiger charge is -2.09. The molecule has 2 rings (SSSR count). The van der Waals surface area contributed by atoms with Crippen molar-refractivity contribution in [3.05, 3.63) is 47.8 Å². The van der Waals surface area contributed by atoms with Crippen molar-refractivity contribution >= 4 is 0 Å². The van der Waals surface area contributed by atoms with Crippen LogP contribution in [-0.4, -0.2) is 22.4 Å². The Hall–Kier alpha value is -1.81. The van der Waals surface area contributed by atoms with Gasteiger partial charge in [-0.2, -0.15) is 5.10 Å². The number of nitrogens with one attached hydrogen (secondary N) is 1. The molecular weight excluding hydrogens is 250 g/mol. The zero-order valence-electron chi connectivity index (χ0n) is 12.5. The molecule has 4 nitrogen and oxygen atoms in total. The Bertz CT molecular complexity index is 517. The Morgan fingerprint density at radius 1 is 1.20 bits per heavy atom. The van der Waals surface area contributed by atoms with Crippen molar-refractivity contribution in [2.24, 2.45) is 7.05 Å². The molecule has 1 heterocycles. The third-order valence-electron chi connectivity index (χ3n) is 3.06. The predicted octanol–water partition coefficient (Wildman–Crippen LogP) is 2.54. The van der Waals surface area contributed by atoms with Crippen LogP contribution in [0.5, 0.6) is 5.75 Å². The highest BCUT2D eigenvalue weighted by atomic mass is 16.5. The van der Waals surface area contributed by atoms with Gasteiger partial charge in [-0.15, -0.1) is 0 Å². The van der Waals surface area contributed by atoms with E-state index in [0.717, 1.165) is 18.7 Å². The standard InChI is InChI=1S/C16H23N3O/c1-13(2)17-10-14-4-6-16(7-5-14)20-9-8-15-11-18-19(3)12-15/h4-7,11-13,17H,8-10H2,1-3H3. The van der Waals surface area contributed by atoms with Crippen molar-refractivity contribution in [3.63, 3.8) is 0 Å². The summed E-state index contributed by atoms with van der Waals surface area (Å²) in [5, 5.41) is 7.54. The van der Waals surface area contributed by atoms with Crippen LogP contribution >= 0.6 is 0 Å². The van der Waals surface area contributed by atoms with Crippen molar-refractivity contribution in [1.82, 2.24) is 15.1 Å². The fourth-order valence-corrected chi connectivity index (χ4v) is 1.91. The highest BCUT2D eigenvalue weighted by Gasteiger charge is 1.99. The molecule has 0 aliphatic heterocycles. The molecule has 0 radical (unpaired) electrons. The molecule has 0 aliphatic carbocycles. The highest BCUT2D eigenvalue weighted by molar-refractivity contribution is 5.27. The number of aryl methyl sites for hydroxylation is 1. The molecule has 0 unspecified atom stereocenters. The summed E-state index contributed by atoms with van der Waals surface area (Å²) in [6.07, 6.45) is 4.78. The van der Waals surface area contributed by atoms with Crippen molar-refractivity contribution in [2.75, 3.05) is 6.61 Å². The second-order valence-corrected chi connectivity index (χ2v) is 5.30. The van der Waals surface area contributed by atoms with Crippen molar-refractivity contribution < 1.29 is 4.74 Å². The van der Waals surface area contributed by atoms with Crippen LogP contribution in [0.4, 0.5) is 0 Å². The first-order valence-corrected chi connectivity index (χ1v) is 7.06. The third kappa shape index (κ3) is 4.70. The second kappa shape index (κ2) is 7.10. The zero-order chi connectivity index (χ0) is 14.4. The minimum atomic E-state index is 0.505. The lowest BCUT2D eigenvalue weighted by Crippen LogP contribution is -2.21. The highest BCUT2D eigenvalue weighted by Crippen LogP contribution is 2.12. The fraction of sp³-hybridized carbons (Fsp3) is 0.438. The van der Waals surface area contributed by atoms with Gasteiger partial charge in [0.05, 0.1) is 12.8 Å². The van der Waals surface area contributed by atoms with E-state index in [1.54, 1.807) is 0 Å². The smallest absolute Gasteiger partial charge is 0.119 e. The first kappa shape index (κ1) is 14.6. The van der Waals surface area contributed by atoms with Gasteiger partial charge in [-0.25, -0.2) is 0 Å². The molecular formula is C16H23N3O. The Morgan fingerprint density at radius 2 is 1.95 bits per heavy atom. The quantitative estimate of drug-likeness (QED) is 0.842. The Morgan fingerprint density at radius 3 is 2.55 bits per heavy atom. The molecule has 20 heavy (non-hydrogen) atoms. The Kier molecular flexibility index (Phi) is 5.18. The van der Waals surface area contributed by atoms with E-state index in [1.807, 2.05) is 36.3 Å². The van der Waals surface area contributed by atoms with E-state index in [0.29, 0.717) is 12.6 Å². The van der Waals surface area contributed by atoms with Crippen LogP contribution in [0, 0.1) is 0 Å². The minimum Gasteiger partial charge on any atom is -0.493 e. The molecule has 0 saturated heterocycles. The topological polar surface area (TPSA) is 39.1 Å². The van der Waals surface area contributed by atoms with Crippen molar-refractivity contribution in [2.45, 2.75) is 32.9 Å². The molecule has 0 aliphatic rings. The van der Waals surface area contributed by atoms with E-state index in [2.05, 4.69) is 36.4 Å². The summed E-state index contributed by atoms with van der Waals surface area (Å²) in [4.78, 5) is 0. The Labute approximate surface area is 120 Å². The van der Waals surface area contributed by atoms with Crippen LogP contribution in [0.1, 0.15) is 25.0 Å². The number of hydrogen-bond acceptors (Lipinski definition) is 3. The maximum atomic E-state index is 5.74. The van der Waals surface area contributed by atoms with E-state index in [1.165, 1.54) is 11.1 Å². The Balaban J connectivity index is 1.76. The van der Waals surface area contributed by atoms with E-state index < -0.39 is 0 Å². The number of aromatic nitrogens is 2. The molecule has 0 amide bonds. The van der Waals surface area contributed by atoms with E-state index in [-0.39, 0.29) is 0 Å². The van der Waals surface area contributed by atoms with Crippen LogP contribution < -0.4 is 10.1 Å². The van der Waals surface area contributed by atoms with Gasteiger partial charge in [-0.1, -0.05) is 26.0 Å². The summed E-state index contributed by atoms with van der Waals surface area (Å²) >= 11 is 0. The molecule has 1 aromatic heterocycles. The number of hydrogen-bond donors (Lipinski definition) is 1. The van der Waals surface area contributed by atoms with Crippen LogP contribution in [0.25, 0.3) is 0 Å². The lowest BCUT2D eigenvalue weighted by molar-refractivity contribution is 0.322. The van der Waals surface area contributed by atoms with Crippen LogP contribution in [-0.2, 0) is 20.0 Å². The molecule has 0 fully saturated rings. The van der Waals surface area contributed by atoms with Gasteiger partial charge in [-0.3, -0.25) is 4.68 Å². The molecule has 2 aromatic rings. The summed E-state index contributed by atoms with van der Waals surface area (Å²) in [7, 11) is 1.92. The number of benzene rings is 1. The SMILES string of the molecule is CC(C)NCc1ccc(OCCc2cnn(C)c2)cc1. The van der Waals surface area contributed by atoms with Gasteiger partial charge >= 0.3 is 0 Å². The number of nitrogens with zero attached hydrogens (tertiary/aromatic N) is 2. The van der Waals surface area contributed by atoms with Gasteiger partial charge in [0.2, 0.25) is 0 Å². The van der Waals surface area contributed by atoms with Gasteiger partial charge in [0, 0.05) is 32.3 Å². The minimum absolute atomic E-state index is 0.505.